The van der Waals surface area contributed by atoms with Crippen molar-refractivity contribution in [1.82, 2.24) is 0 Å². The molecule has 0 saturated heterocycles. The standard InChI is InChI=1S/C45H88O5/c1-3-5-7-9-11-13-15-17-18-19-20-21-22-23-24-25-26-28-30-32-34-36-38-40-45(48)50-43(41-46)42-49-44(47)39-37-35-33-31-29-27-16-14-12-10-8-6-4-2/h43,46H,3-42H2,1-2H3/t43-/m0/s1. The Morgan fingerprint density at radius 2 is 0.620 bits per heavy atom. The van der Waals surface area contributed by atoms with E-state index in [0.29, 0.717) is 12.8 Å². The van der Waals surface area contributed by atoms with E-state index in [4.69, 9.17) is 9.47 Å². The Labute approximate surface area is 312 Å². The first-order chi connectivity index (χ1) is 24.6. The van der Waals surface area contributed by atoms with Gasteiger partial charge in [0.1, 0.15) is 6.61 Å². The van der Waals surface area contributed by atoms with E-state index >= 15 is 0 Å². The van der Waals surface area contributed by atoms with Gasteiger partial charge in [-0.1, -0.05) is 232 Å². The number of rotatable bonds is 42. The van der Waals surface area contributed by atoms with Crippen LogP contribution in [0.25, 0.3) is 0 Å². The van der Waals surface area contributed by atoms with E-state index < -0.39 is 6.10 Å². The van der Waals surface area contributed by atoms with Crippen LogP contribution >= 0.6 is 0 Å². The summed E-state index contributed by atoms with van der Waals surface area (Å²) in [6.07, 6.45) is 47.6. The van der Waals surface area contributed by atoms with Crippen molar-refractivity contribution in [3.8, 4) is 0 Å². The maximum absolute atomic E-state index is 12.2. The summed E-state index contributed by atoms with van der Waals surface area (Å²) in [6.45, 7) is 4.18. The summed E-state index contributed by atoms with van der Waals surface area (Å²) < 4.78 is 10.6. The van der Waals surface area contributed by atoms with Gasteiger partial charge in [-0.25, -0.2) is 0 Å². The van der Waals surface area contributed by atoms with E-state index in [1.807, 2.05) is 0 Å². The zero-order valence-electron chi connectivity index (χ0n) is 33.9. The third-order valence-corrected chi connectivity index (χ3v) is 10.4. The van der Waals surface area contributed by atoms with Gasteiger partial charge < -0.3 is 14.6 Å². The lowest BCUT2D eigenvalue weighted by Gasteiger charge is -2.15. The molecule has 0 heterocycles. The lowest BCUT2D eigenvalue weighted by Crippen LogP contribution is -2.28. The molecule has 0 saturated carbocycles. The molecule has 0 aromatic rings. The van der Waals surface area contributed by atoms with Gasteiger partial charge in [0.15, 0.2) is 6.10 Å². The summed E-state index contributed by atoms with van der Waals surface area (Å²) in [5, 5.41) is 9.57. The molecule has 0 aromatic carbocycles. The second-order valence-corrected chi connectivity index (χ2v) is 15.5. The molecule has 0 radical (unpaired) electrons. The molecular formula is C45H88O5. The molecule has 0 aliphatic heterocycles. The van der Waals surface area contributed by atoms with Crippen LogP contribution in [-0.2, 0) is 19.1 Å². The quantitative estimate of drug-likeness (QED) is 0.0505. The van der Waals surface area contributed by atoms with Crippen LogP contribution < -0.4 is 0 Å². The molecule has 50 heavy (non-hydrogen) atoms. The number of hydrogen-bond donors (Lipinski definition) is 1. The Morgan fingerprint density at radius 3 is 0.880 bits per heavy atom. The Balaban J connectivity index is 3.43. The van der Waals surface area contributed by atoms with Crippen molar-refractivity contribution in [2.45, 2.75) is 264 Å². The number of unbranched alkanes of at least 4 members (excludes halogenated alkanes) is 34. The Bertz CT molecular complexity index is 680. The minimum absolute atomic E-state index is 0.0566. The minimum atomic E-state index is -0.761. The first-order valence-electron chi connectivity index (χ1n) is 22.6. The van der Waals surface area contributed by atoms with Crippen LogP contribution in [0.5, 0.6) is 0 Å². The fourth-order valence-electron chi connectivity index (χ4n) is 6.97. The fraction of sp³-hybridized carbons (Fsp3) is 0.956. The van der Waals surface area contributed by atoms with E-state index in [1.54, 1.807) is 0 Å². The van der Waals surface area contributed by atoms with E-state index in [1.165, 1.54) is 199 Å². The lowest BCUT2D eigenvalue weighted by molar-refractivity contribution is -0.161. The fourth-order valence-corrected chi connectivity index (χ4v) is 6.97. The zero-order chi connectivity index (χ0) is 36.4. The van der Waals surface area contributed by atoms with Crippen LogP contribution in [0.15, 0.2) is 0 Å². The maximum Gasteiger partial charge on any atom is 0.306 e. The van der Waals surface area contributed by atoms with E-state index in [0.717, 1.165) is 32.1 Å². The van der Waals surface area contributed by atoms with E-state index in [9.17, 15) is 14.7 Å². The maximum atomic E-state index is 12.2. The number of esters is 2. The number of carbonyl (C=O) groups is 2. The summed E-state index contributed by atoms with van der Waals surface area (Å²) in [5.41, 5.74) is 0. The number of aliphatic hydroxyl groups excluding tert-OH is 1. The molecule has 0 rings (SSSR count). The predicted molar refractivity (Wildman–Crippen MR) is 215 cm³/mol. The van der Waals surface area contributed by atoms with Crippen LogP contribution in [0.1, 0.15) is 258 Å². The first-order valence-corrected chi connectivity index (χ1v) is 22.6. The van der Waals surface area contributed by atoms with Crippen LogP contribution in [-0.4, -0.2) is 36.4 Å². The van der Waals surface area contributed by atoms with Gasteiger partial charge in [0.05, 0.1) is 6.61 Å². The molecule has 0 spiro atoms. The predicted octanol–water partition coefficient (Wildman–Crippen LogP) is 14.3. The zero-order valence-corrected chi connectivity index (χ0v) is 33.9. The van der Waals surface area contributed by atoms with Gasteiger partial charge in [-0.2, -0.15) is 0 Å². The molecule has 0 amide bonds. The van der Waals surface area contributed by atoms with Gasteiger partial charge >= 0.3 is 11.9 Å². The second kappa shape index (κ2) is 42.3. The van der Waals surface area contributed by atoms with E-state index in [-0.39, 0.29) is 25.2 Å². The van der Waals surface area contributed by atoms with Gasteiger partial charge in [-0.05, 0) is 12.8 Å². The molecular weight excluding hydrogens is 620 g/mol. The normalized spacial score (nSPS) is 12.0. The highest BCUT2D eigenvalue weighted by Crippen LogP contribution is 2.17. The van der Waals surface area contributed by atoms with E-state index in [2.05, 4.69) is 13.8 Å². The smallest absolute Gasteiger partial charge is 0.306 e. The summed E-state index contributed by atoms with van der Waals surface area (Å²) in [4.78, 5) is 24.3. The molecule has 1 atom stereocenters. The Kier molecular flexibility index (Phi) is 41.4. The Hall–Kier alpha value is -1.10. The molecule has 0 unspecified atom stereocenters. The summed E-state index contributed by atoms with van der Waals surface area (Å²) in [6, 6.07) is 0. The van der Waals surface area contributed by atoms with Crippen molar-refractivity contribution in [3.63, 3.8) is 0 Å². The summed E-state index contributed by atoms with van der Waals surface area (Å²) >= 11 is 0. The molecule has 5 heteroatoms. The number of carbonyl (C=O) groups excluding carboxylic acids is 2. The van der Waals surface area contributed by atoms with Gasteiger partial charge in [0.25, 0.3) is 0 Å². The van der Waals surface area contributed by atoms with Crippen LogP contribution in [0.4, 0.5) is 0 Å². The third kappa shape index (κ3) is 39.7. The Morgan fingerprint density at radius 1 is 0.380 bits per heavy atom. The molecule has 0 aliphatic carbocycles. The highest BCUT2D eigenvalue weighted by Gasteiger charge is 2.16. The van der Waals surface area contributed by atoms with Crippen molar-refractivity contribution >= 4 is 11.9 Å². The van der Waals surface area contributed by atoms with Gasteiger partial charge in [-0.3, -0.25) is 9.59 Å². The number of hydrogen-bond acceptors (Lipinski definition) is 5. The highest BCUT2D eigenvalue weighted by molar-refractivity contribution is 5.70. The van der Waals surface area contributed by atoms with Crippen molar-refractivity contribution in [2.24, 2.45) is 0 Å². The van der Waals surface area contributed by atoms with Crippen molar-refractivity contribution in [1.29, 1.82) is 0 Å². The molecule has 298 valence electrons. The number of ether oxygens (including phenoxy) is 2. The average molecular weight is 709 g/mol. The largest absolute Gasteiger partial charge is 0.462 e. The molecule has 0 aromatic heterocycles. The van der Waals surface area contributed by atoms with Gasteiger partial charge in [0.2, 0.25) is 0 Å². The van der Waals surface area contributed by atoms with Gasteiger partial charge in [0, 0.05) is 12.8 Å². The second-order valence-electron chi connectivity index (χ2n) is 15.5. The lowest BCUT2D eigenvalue weighted by atomic mass is 10.0. The molecule has 5 nitrogen and oxygen atoms in total. The first kappa shape index (κ1) is 48.9. The van der Waals surface area contributed by atoms with Crippen molar-refractivity contribution in [2.75, 3.05) is 13.2 Å². The van der Waals surface area contributed by atoms with Crippen LogP contribution in [0, 0.1) is 0 Å². The molecule has 0 aliphatic rings. The topological polar surface area (TPSA) is 72.8 Å². The van der Waals surface area contributed by atoms with Crippen LogP contribution in [0.3, 0.4) is 0 Å². The summed E-state index contributed by atoms with van der Waals surface area (Å²) in [7, 11) is 0. The monoisotopic (exact) mass is 709 g/mol. The SMILES string of the molecule is CCCCCCCCCCCCCCCCCCCCCCCCCC(=O)O[C@@H](CO)COC(=O)CCCCCCCCCCCCCCC. The van der Waals surface area contributed by atoms with Gasteiger partial charge in [-0.15, -0.1) is 0 Å². The summed E-state index contributed by atoms with van der Waals surface area (Å²) in [5.74, 6) is -0.572. The minimum Gasteiger partial charge on any atom is -0.462 e. The number of aliphatic hydroxyl groups is 1. The molecule has 1 N–H and O–H groups in total. The third-order valence-electron chi connectivity index (χ3n) is 10.4. The molecule has 0 fully saturated rings. The van der Waals surface area contributed by atoms with Crippen molar-refractivity contribution < 1.29 is 24.2 Å². The van der Waals surface area contributed by atoms with Crippen LogP contribution in [0.2, 0.25) is 0 Å². The average Bonchev–Trinajstić information content (AvgIpc) is 3.12. The highest BCUT2D eigenvalue weighted by atomic mass is 16.6. The molecule has 0 bridgehead atoms. The van der Waals surface area contributed by atoms with Crippen molar-refractivity contribution in [3.05, 3.63) is 0 Å².